The molecule has 2 heterocycles. The van der Waals surface area contributed by atoms with E-state index in [9.17, 15) is 4.79 Å². The summed E-state index contributed by atoms with van der Waals surface area (Å²) in [7, 11) is 0. The summed E-state index contributed by atoms with van der Waals surface area (Å²) in [5.74, 6) is 1.68. The molecule has 0 spiro atoms. The van der Waals surface area contributed by atoms with Gasteiger partial charge in [0.2, 0.25) is 5.96 Å². The molecule has 2 aromatic carbocycles. The Morgan fingerprint density at radius 1 is 1.12 bits per heavy atom. The number of benzene rings is 2. The lowest BCUT2D eigenvalue weighted by molar-refractivity contribution is 0.0851. The van der Waals surface area contributed by atoms with Crippen LogP contribution < -0.4 is 9.64 Å². The standard InChI is InChI=1S/C19H19N3O2/c1-14-6-2-5-9-17(14)24-13-12-21-16-8-4-3-7-15(16)18(23)22-11-10-20-19(21)22/h2-9H,10-13H2,1H3. The second-order valence-corrected chi connectivity index (χ2v) is 5.92. The van der Waals surface area contributed by atoms with E-state index in [0.717, 1.165) is 28.5 Å². The van der Waals surface area contributed by atoms with Crippen LogP contribution in [0.4, 0.5) is 5.69 Å². The van der Waals surface area contributed by atoms with Crippen LogP contribution in [0, 0.1) is 6.92 Å². The van der Waals surface area contributed by atoms with Gasteiger partial charge in [-0.1, -0.05) is 30.3 Å². The van der Waals surface area contributed by atoms with Crippen molar-refractivity contribution < 1.29 is 9.53 Å². The van der Waals surface area contributed by atoms with Gasteiger partial charge in [0, 0.05) is 6.54 Å². The Bertz CT molecular complexity index is 816. The number of hydrogen-bond donors (Lipinski definition) is 0. The van der Waals surface area contributed by atoms with Crippen LogP contribution in [0.15, 0.2) is 53.5 Å². The van der Waals surface area contributed by atoms with Crippen LogP contribution in [0.3, 0.4) is 0 Å². The Balaban J connectivity index is 1.56. The van der Waals surface area contributed by atoms with Gasteiger partial charge in [0.05, 0.1) is 24.3 Å². The number of carbonyl (C=O) groups excluding carboxylic acids is 1. The van der Waals surface area contributed by atoms with Crippen LogP contribution in [-0.2, 0) is 0 Å². The zero-order valence-corrected chi connectivity index (χ0v) is 13.6. The highest BCUT2D eigenvalue weighted by molar-refractivity contribution is 6.19. The minimum atomic E-state index is 0.0397. The third-order valence-corrected chi connectivity index (χ3v) is 4.40. The topological polar surface area (TPSA) is 45.1 Å². The number of rotatable bonds is 4. The lowest BCUT2D eigenvalue weighted by Gasteiger charge is -2.35. The molecular weight excluding hydrogens is 302 g/mol. The quantitative estimate of drug-likeness (QED) is 0.870. The predicted octanol–water partition coefficient (Wildman–Crippen LogP) is 2.71. The smallest absolute Gasteiger partial charge is 0.262 e. The molecule has 2 aliphatic heterocycles. The van der Waals surface area contributed by atoms with Gasteiger partial charge in [0.25, 0.3) is 5.91 Å². The van der Waals surface area contributed by atoms with Crippen molar-refractivity contribution in [1.29, 1.82) is 0 Å². The van der Waals surface area contributed by atoms with Gasteiger partial charge in [-0.2, -0.15) is 0 Å². The molecule has 0 fully saturated rings. The van der Waals surface area contributed by atoms with Crippen LogP contribution >= 0.6 is 0 Å². The number of amides is 1. The highest BCUT2D eigenvalue weighted by Gasteiger charge is 2.36. The molecule has 5 heteroatoms. The highest BCUT2D eigenvalue weighted by atomic mass is 16.5. The summed E-state index contributed by atoms with van der Waals surface area (Å²) in [5, 5.41) is 0. The molecule has 24 heavy (non-hydrogen) atoms. The van der Waals surface area contributed by atoms with E-state index in [1.807, 2.05) is 55.5 Å². The van der Waals surface area contributed by atoms with Crippen LogP contribution in [0.25, 0.3) is 0 Å². The molecule has 0 aromatic heterocycles. The van der Waals surface area contributed by atoms with Gasteiger partial charge >= 0.3 is 0 Å². The second kappa shape index (κ2) is 6.00. The predicted molar refractivity (Wildman–Crippen MR) is 93.8 cm³/mol. The Kier molecular flexibility index (Phi) is 3.69. The molecule has 5 nitrogen and oxygen atoms in total. The fraction of sp³-hybridized carbons (Fsp3) is 0.263. The maximum atomic E-state index is 12.6. The number of carbonyl (C=O) groups is 1. The van der Waals surface area contributed by atoms with Crippen molar-refractivity contribution in [2.24, 2.45) is 4.99 Å². The first-order valence-corrected chi connectivity index (χ1v) is 8.17. The zero-order chi connectivity index (χ0) is 16.5. The van der Waals surface area contributed by atoms with Crippen molar-refractivity contribution in [1.82, 2.24) is 4.90 Å². The minimum absolute atomic E-state index is 0.0397. The lowest BCUT2D eigenvalue weighted by Crippen LogP contribution is -2.51. The van der Waals surface area contributed by atoms with Crippen molar-refractivity contribution >= 4 is 17.6 Å². The van der Waals surface area contributed by atoms with Crippen molar-refractivity contribution in [3.63, 3.8) is 0 Å². The van der Waals surface area contributed by atoms with Gasteiger partial charge in [-0.15, -0.1) is 0 Å². The average Bonchev–Trinajstić information content (AvgIpc) is 3.09. The number of fused-ring (bicyclic) bond motifs is 2. The van der Waals surface area contributed by atoms with Crippen LogP contribution in [0.5, 0.6) is 5.75 Å². The molecular formula is C19H19N3O2. The molecule has 0 saturated heterocycles. The second-order valence-electron chi connectivity index (χ2n) is 5.92. The number of aliphatic imine (C=N–C) groups is 1. The number of guanidine groups is 1. The largest absolute Gasteiger partial charge is 0.491 e. The van der Waals surface area contributed by atoms with Crippen LogP contribution in [0.1, 0.15) is 15.9 Å². The number of para-hydroxylation sites is 2. The molecule has 2 aliphatic rings. The molecule has 0 bridgehead atoms. The molecule has 1 amide bonds. The minimum Gasteiger partial charge on any atom is -0.491 e. The number of aryl methyl sites for hydroxylation is 1. The normalized spacial score (nSPS) is 15.9. The Labute approximate surface area is 141 Å². The summed E-state index contributed by atoms with van der Waals surface area (Å²) in [4.78, 5) is 20.9. The molecule has 0 radical (unpaired) electrons. The highest BCUT2D eigenvalue weighted by Crippen LogP contribution is 2.30. The van der Waals surface area contributed by atoms with Gasteiger partial charge in [-0.25, -0.2) is 0 Å². The lowest BCUT2D eigenvalue weighted by atomic mass is 10.1. The van der Waals surface area contributed by atoms with Crippen molar-refractivity contribution in [3.8, 4) is 5.75 Å². The van der Waals surface area contributed by atoms with Gasteiger partial charge in [0.15, 0.2) is 0 Å². The number of nitrogens with zero attached hydrogens (tertiary/aromatic N) is 3. The van der Waals surface area contributed by atoms with E-state index in [-0.39, 0.29) is 5.91 Å². The molecule has 0 saturated carbocycles. The van der Waals surface area contributed by atoms with Crippen LogP contribution in [0.2, 0.25) is 0 Å². The van der Waals surface area contributed by atoms with Gasteiger partial charge in [0.1, 0.15) is 12.4 Å². The van der Waals surface area contributed by atoms with Crippen molar-refractivity contribution in [2.75, 3.05) is 31.1 Å². The van der Waals surface area contributed by atoms with Gasteiger partial charge in [-0.05, 0) is 30.7 Å². The number of ether oxygens (including phenoxy) is 1. The third-order valence-electron chi connectivity index (χ3n) is 4.40. The van der Waals surface area contributed by atoms with E-state index in [4.69, 9.17) is 4.74 Å². The van der Waals surface area contributed by atoms with E-state index in [0.29, 0.717) is 26.2 Å². The van der Waals surface area contributed by atoms with Gasteiger partial charge < -0.3 is 9.64 Å². The first kappa shape index (κ1) is 14.8. The van der Waals surface area contributed by atoms with E-state index in [1.165, 1.54) is 0 Å². The zero-order valence-electron chi connectivity index (χ0n) is 13.6. The number of anilines is 1. The van der Waals surface area contributed by atoms with E-state index >= 15 is 0 Å². The maximum Gasteiger partial charge on any atom is 0.262 e. The monoisotopic (exact) mass is 321 g/mol. The Morgan fingerprint density at radius 2 is 1.92 bits per heavy atom. The molecule has 2 aromatic rings. The first-order valence-electron chi connectivity index (χ1n) is 8.17. The SMILES string of the molecule is Cc1ccccc1OCCN1C2=NCCN2C(=O)c2ccccc21. The average molecular weight is 321 g/mol. The maximum absolute atomic E-state index is 12.6. The fourth-order valence-electron chi connectivity index (χ4n) is 3.19. The van der Waals surface area contributed by atoms with E-state index in [1.54, 1.807) is 4.90 Å². The molecule has 122 valence electrons. The van der Waals surface area contributed by atoms with Crippen molar-refractivity contribution in [3.05, 3.63) is 59.7 Å². The van der Waals surface area contributed by atoms with Crippen LogP contribution in [-0.4, -0.2) is 43.0 Å². The molecule has 0 aliphatic carbocycles. The Morgan fingerprint density at radius 3 is 2.79 bits per heavy atom. The summed E-state index contributed by atoms with van der Waals surface area (Å²) < 4.78 is 5.93. The molecule has 4 rings (SSSR count). The fourth-order valence-corrected chi connectivity index (χ4v) is 3.19. The molecule has 0 unspecified atom stereocenters. The van der Waals surface area contributed by atoms with E-state index in [2.05, 4.69) is 9.89 Å². The summed E-state index contributed by atoms with van der Waals surface area (Å²) in [5.41, 5.74) is 2.76. The molecule has 0 atom stereocenters. The van der Waals surface area contributed by atoms with Crippen molar-refractivity contribution in [2.45, 2.75) is 6.92 Å². The number of hydrogen-bond acceptors (Lipinski definition) is 4. The van der Waals surface area contributed by atoms with Gasteiger partial charge in [-0.3, -0.25) is 14.7 Å². The third kappa shape index (κ3) is 2.42. The summed E-state index contributed by atoms with van der Waals surface area (Å²) in [6.07, 6.45) is 0. The summed E-state index contributed by atoms with van der Waals surface area (Å²) >= 11 is 0. The summed E-state index contributed by atoms with van der Waals surface area (Å²) in [6.45, 7) is 4.52. The first-order chi connectivity index (χ1) is 11.8. The Hall–Kier alpha value is -2.82. The summed E-state index contributed by atoms with van der Waals surface area (Å²) in [6, 6.07) is 15.7. The molecule has 0 N–H and O–H groups in total. The van der Waals surface area contributed by atoms with E-state index < -0.39 is 0 Å².